The van der Waals surface area contributed by atoms with Gasteiger partial charge in [0.2, 0.25) is 0 Å². The number of aryl methyl sites for hydroxylation is 2. The van der Waals surface area contributed by atoms with Gasteiger partial charge in [0, 0.05) is 12.4 Å². The highest BCUT2D eigenvalue weighted by molar-refractivity contribution is 6.52. The maximum atomic E-state index is 12.2. The molecule has 0 saturated carbocycles. The van der Waals surface area contributed by atoms with E-state index in [0.29, 0.717) is 12.1 Å². The van der Waals surface area contributed by atoms with E-state index in [1.165, 1.54) is 0 Å². The maximum Gasteiger partial charge on any atom is 0.299 e. The lowest BCUT2D eigenvalue weighted by molar-refractivity contribution is -0.114. The number of nitrogens with zero attached hydrogens (tertiary/aromatic N) is 2. The number of carbonyl (C=O) groups is 2. The number of carbonyl (C=O) groups excluding carboxylic acids is 2. The zero-order valence-electron chi connectivity index (χ0n) is 11.4. The van der Waals surface area contributed by atoms with Crippen molar-refractivity contribution < 1.29 is 9.59 Å². The lowest BCUT2D eigenvalue weighted by Gasteiger charge is -2.18. The predicted octanol–water partition coefficient (Wildman–Crippen LogP) is 2.43. The Labute approximate surface area is 117 Å². The van der Waals surface area contributed by atoms with Crippen molar-refractivity contribution in [3.05, 3.63) is 58.9 Å². The third kappa shape index (κ3) is 1.90. The van der Waals surface area contributed by atoms with E-state index >= 15 is 0 Å². The number of pyridine rings is 1. The summed E-state index contributed by atoms with van der Waals surface area (Å²) in [5.74, 6) is -0.889. The molecule has 0 spiro atoms. The Morgan fingerprint density at radius 1 is 1.15 bits per heavy atom. The molecule has 1 aliphatic rings. The minimum absolute atomic E-state index is 0.372. The number of ketones is 1. The van der Waals surface area contributed by atoms with Gasteiger partial charge in [-0.3, -0.25) is 14.6 Å². The second-order valence-electron chi connectivity index (χ2n) is 5.06. The van der Waals surface area contributed by atoms with Crippen LogP contribution in [0.25, 0.3) is 0 Å². The van der Waals surface area contributed by atoms with Crippen LogP contribution in [0.4, 0.5) is 5.69 Å². The number of amides is 1. The molecule has 20 heavy (non-hydrogen) atoms. The van der Waals surface area contributed by atoms with Gasteiger partial charge in [0.05, 0.1) is 17.8 Å². The Morgan fingerprint density at radius 2 is 1.95 bits per heavy atom. The molecule has 4 nitrogen and oxygen atoms in total. The van der Waals surface area contributed by atoms with Crippen LogP contribution in [0.5, 0.6) is 0 Å². The second kappa shape index (κ2) is 4.56. The molecule has 2 aromatic rings. The van der Waals surface area contributed by atoms with Gasteiger partial charge < -0.3 is 4.90 Å². The van der Waals surface area contributed by atoms with E-state index in [4.69, 9.17) is 0 Å². The van der Waals surface area contributed by atoms with E-state index in [2.05, 4.69) is 4.98 Å². The smallest absolute Gasteiger partial charge is 0.299 e. The first-order chi connectivity index (χ1) is 9.58. The average molecular weight is 266 g/mol. The topological polar surface area (TPSA) is 50.3 Å². The molecule has 0 saturated heterocycles. The van der Waals surface area contributed by atoms with Gasteiger partial charge in [-0.2, -0.15) is 0 Å². The lowest BCUT2D eigenvalue weighted by atomic mass is 10.1. The fourth-order valence-corrected chi connectivity index (χ4v) is 2.58. The maximum absolute atomic E-state index is 12.2. The normalized spacial score (nSPS) is 13.8. The first kappa shape index (κ1) is 12.5. The van der Waals surface area contributed by atoms with E-state index in [0.717, 1.165) is 22.4 Å². The molecule has 1 amide bonds. The molecule has 0 fully saturated rings. The Hall–Kier alpha value is -2.49. The summed E-state index contributed by atoms with van der Waals surface area (Å²) in [5.41, 5.74) is 4.11. The van der Waals surface area contributed by atoms with E-state index in [1.54, 1.807) is 29.4 Å². The monoisotopic (exact) mass is 266 g/mol. The molecular weight excluding hydrogens is 252 g/mol. The number of hydrogen-bond acceptors (Lipinski definition) is 3. The summed E-state index contributed by atoms with van der Waals surface area (Å²) in [7, 11) is 0. The second-order valence-corrected chi connectivity index (χ2v) is 5.06. The molecule has 0 radical (unpaired) electrons. The summed E-state index contributed by atoms with van der Waals surface area (Å²) in [6.07, 6.45) is 3.49. The van der Waals surface area contributed by atoms with Crippen LogP contribution in [0.15, 0.2) is 36.7 Å². The van der Waals surface area contributed by atoms with Crippen LogP contribution in [-0.4, -0.2) is 16.7 Å². The molecule has 1 aliphatic heterocycles. The van der Waals surface area contributed by atoms with Gasteiger partial charge in [0.15, 0.2) is 0 Å². The van der Waals surface area contributed by atoms with Crippen LogP contribution in [0.2, 0.25) is 0 Å². The Morgan fingerprint density at radius 3 is 2.70 bits per heavy atom. The summed E-state index contributed by atoms with van der Waals surface area (Å²) in [6.45, 7) is 4.23. The number of anilines is 1. The summed E-state index contributed by atoms with van der Waals surface area (Å²) in [5, 5.41) is 0. The summed E-state index contributed by atoms with van der Waals surface area (Å²) in [6, 6.07) is 7.39. The van der Waals surface area contributed by atoms with Crippen LogP contribution in [0.3, 0.4) is 0 Å². The zero-order chi connectivity index (χ0) is 14.3. The number of benzene rings is 1. The first-order valence-corrected chi connectivity index (χ1v) is 6.44. The van der Waals surface area contributed by atoms with Crippen molar-refractivity contribution in [2.24, 2.45) is 0 Å². The lowest BCUT2D eigenvalue weighted by Crippen LogP contribution is -2.29. The molecule has 100 valence electrons. The Bertz CT molecular complexity index is 722. The van der Waals surface area contributed by atoms with Crippen molar-refractivity contribution in [3.63, 3.8) is 0 Å². The van der Waals surface area contributed by atoms with Gasteiger partial charge in [0.1, 0.15) is 0 Å². The first-order valence-electron chi connectivity index (χ1n) is 6.44. The van der Waals surface area contributed by atoms with Gasteiger partial charge in [-0.15, -0.1) is 0 Å². The van der Waals surface area contributed by atoms with Crippen molar-refractivity contribution in [2.75, 3.05) is 4.90 Å². The highest BCUT2D eigenvalue weighted by Gasteiger charge is 2.36. The number of para-hydroxylation sites is 1. The SMILES string of the molecule is Cc1cncc(CN2C(=O)C(=O)c3cccc(C)c32)c1. The van der Waals surface area contributed by atoms with Crippen molar-refractivity contribution in [1.82, 2.24) is 4.98 Å². The van der Waals surface area contributed by atoms with Crippen molar-refractivity contribution in [1.29, 1.82) is 0 Å². The Balaban J connectivity index is 2.03. The van der Waals surface area contributed by atoms with Crippen molar-refractivity contribution in [2.45, 2.75) is 20.4 Å². The third-order valence-electron chi connectivity index (χ3n) is 3.46. The van der Waals surface area contributed by atoms with E-state index in [1.807, 2.05) is 26.0 Å². The number of hydrogen-bond donors (Lipinski definition) is 0. The van der Waals surface area contributed by atoms with E-state index < -0.39 is 11.7 Å². The van der Waals surface area contributed by atoms with E-state index in [9.17, 15) is 9.59 Å². The van der Waals surface area contributed by atoms with Gasteiger partial charge in [-0.1, -0.05) is 18.2 Å². The molecule has 0 bridgehead atoms. The van der Waals surface area contributed by atoms with Crippen LogP contribution < -0.4 is 4.90 Å². The van der Waals surface area contributed by atoms with Crippen molar-refractivity contribution in [3.8, 4) is 0 Å². The Kier molecular flexibility index (Phi) is 2.86. The predicted molar refractivity (Wildman–Crippen MR) is 75.7 cm³/mol. The highest BCUT2D eigenvalue weighted by atomic mass is 16.2. The van der Waals surface area contributed by atoms with Gasteiger partial charge in [0.25, 0.3) is 11.7 Å². The van der Waals surface area contributed by atoms with Crippen LogP contribution in [-0.2, 0) is 11.3 Å². The van der Waals surface area contributed by atoms with Crippen molar-refractivity contribution >= 4 is 17.4 Å². The number of Topliss-reactive ketones (excluding diaryl/α,β-unsaturated/α-hetero) is 1. The quantitative estimate of drug-likeness (QED) is 0.784. The molecule has 0 N–H and O–H groups in total. The highest BCUT2D eigenvalue weighted by Crippen LogP contribution is 2.33. The molecule has 4 heteroatoms. The molecule has 2 heterocycles. The molecule has 0 unspecified atom stereocenters. The molecule has 1 aromatic heterocycles. The van der Waals surface area contributed by atoms with Gasteiger partial charge in [-0.05, 0) is 36.6 Å². The summed E-state index contributed by atoms with van der Waals surface area (Å²) < 4.78 is 0. The minimum atomic E-state index is -0.462. The molecule has 0 atom stereocenters. The molecule has 1 aromatic carbocycles. The molecule has 3 rings (SSSR count). The van der Waals surface area contributed by atoms with E-state index in [-0.39, 0.29) is 0 Å². The third-order valence-corrected chi connectivity index (χ3v) is 3.46. The largest absolute Gasteiger partial charge is 0.300 e. The molecule has 0 aliphatic carbocycles. The zero-order valence-corrected chi connectivity index (χ0v) is 11.4. The summed E-state index contributed by atoms with van der Waals surface area (Å²) in [4.78, 5) is 29.8. The fourth-order valence-electron chi connectivity index (χ4n) is 2.58. The summed E-state index contributed by atoms with van der Waals surface area (Å²) >= 11 is 0. The number of aromatic nitrogens is 1. The fraction of sp³-hybridized carbons (Fsp3) is 0.188. The van der Waals surface area contributed by atoms with Crippen LogP contribution in [0, 0.1) is 13.8 Å². The van der Waals surface area contributed by atoms with Crippen LogP contribution >= 0.6 is 0 Å². The average Bonchev–Trinajstić information content (AvgIpc) is 2.66. The van der Waals surface area contributed by atoms with Gasteiger partial charge in [-0.25, -0.2) is 0 Å². The number of fused-ring (bicyclic) bond motifs is 1. The van der Waals surface area contributed by atoms with Gasteiger partial charge >= 0.3 is 0 Å². The standard InChI is InChI=1S/C16H14N2O2/c1-10-6-12(8-17-7-10)9-18-14-11(2)4-3-5-13(14)15(19)16(18)20/h3-8H,9H2,1-2H3. The molecular formula is C16H14N2O2. The minimum Gasteiger partial charge on any atom is -0.300 e. The van der Waals surface area contributed by atoms with Crippen LogP contribution in [0.1, 0.15) is 27.0 Å². The number of rotatable bonds is 2.